The van der Waals surface area contributed by atoms with Gasteiger partial charge in [-0.25, -0.2) is 8.42 Å². The Labute approximate surface area is 257 Å². The first-order valence-electron chi connectivity index (χ1n) is 13.5. The van der Waals surface area contributed by atoms with Crippen LogP contribution in [-0.2, 0) is 49.5 Å². The van der Waals surface area contributed by atoms with E-state index in [2.05, 4.69) is 0 Å². The summed E-state index contributed by atoms with van der Waals surface area (Å²) in [5.41, 5.74) is -0.881. The average molecular weight is 672 g/mol. The zero-order valence-electron chi connectivity index (χ0n) is 23.6. The molecule has 2 fully saturated rings. The van der Waals surface area contributed by atoms with Crippen LogP contribution in [0.3, 0.4) is 0 Å². The Balaban J connectivity index is 0.00000529. The summed E-state index contributed by atoms with van der Waals surface area (Å²) in [6.45, 7) is 1.31. The number of hydrogen-bond donors (Lipinski definition) is 0. The van der Waals surface area contributed by atoms with Crippen LogP contribution in [0.5, 0.6) is 0 Å². The van der Waals surface area contributed by atoms with Gasteiger partial charge in [0.2, 0.25) is 15.9 Å². The van der Waals surface area contributed by atoms with Gasteiger partial charge in [0, 0.05) is 39.3 Å². The van der Waals surface area contributed by atoms with Gasteiger partial charge in [-0.15, -0.1) is 12.4 Å². The monoisotopic (exact) mass is 671 g/mol. The first kappa shape index (κ1) is 35.6. The molecule has 0 aliphatic carbocycles. The van der Waals surface area contributed by atoms with E-state index in [1.807, 2.05) is 4.90 Å². The maximum Gasteiger partial charge on any atom is 0.416 e. The highest BCUT2D eigenvalue weighted by Crippen LogP contribution is 2.30. The van der Waals surface area contributed by atoms with Gasteiger partial charge in [0.1, 0.15) is 6.10 Å². The molecule has 2 aromatic carbocycles. The molecule has 0 spiro atoms. The van der Waals surface area contributed by atoms with Gasteiger partial charge < -0.3 is 9.64 Å². The van der Waals surface area contributed by atoms with Crippen LogP contribution in [-0.4, -0.2) is 92.1 Å². The number of likely N-dealkylation sites (tertiary alicyclic amines) is 1. The van der Waals surface area contributed by atoms with E-state index in [1.54, 1.807) is 4.90 Å². The number of carbonyl (C=O) groups is 2. The van der Waals surface area contributed by atoms with Crippen molar-refractivity contribution in [2.75, 3.05) is 45.5 Å². The lowest BCUT2D eigenvalue weighted by Gasteiger charge is -2.42. The molecule has 0 aromatic heterocycles. The molecule has 2 heterocycles. The molecule has 244 valence electrons. The second-order valence-electron chi connectivity index (χ2n) is 10.8. The summed E-state index contributed by atoms with van der Waals surface area (Å²) in [6, 6.07) is 7.99. The van der Waals surface area contributed by atoms with Crippen molar-refractivity contribution in [3.05, 3.63) is 70.8 Å². The number of carbonyl (C=O) groups excluding carboxylic acids is 2. The van der Waals surface area contributed by atoms with Crippen molar-refractivity contribution in [2.24, 2.45) is 0 Å². The fourth-order valence-corrected chi connectivity index (χ4v) is 6.12. The minimum atomic E-state index is -4.50. The third-order valence-corrected chi connectivity index (χ3v) is 8.77. The Bertz CT molecular complexity index is 1400. The Hall–Kier alpha value is -2.88. The molecule has 2 atom stereocenters. The largest absolute Gasteiger partial charge is 0.461 e. The molecule has 16 heteroatoms. The third-order valence-electron chi connectivity index (χ3n) is 7.50. The number of sulfonamides is 1. The Morgan fingerprint density at radius 2 is 1.34 bits per heavy atom. The van der Waals surface area contributed by atoms with Crippen molar-refractivity contribution in [1.29, 1.82) is 0 Å². The normalized spacial score (nSPS) is 20.3. The average Bonchev–Trinajstić information content (AvgIpc) is 3.34. The van der Waals surface area contributed by atoms with E-state index in [4.69, 9.17) is 4.74 Å². The second kappa shape index (κ2) is 14.0. The smallest absolute Gasteiger partial charge is 0.416 e. The maximum atomic E-state index is 13.2. The van der Waals surface area contributed by atoms with Crippen molar-refractivity contribution < 1.29 is 49.1 Å². The van der Waals surface area contributed by atoms with Gasteiger partial charge >= 0.3 is 18.3 Å². The molecule has 44 heavy (non-hydrogen) atoms. The molecule has 2 aliphatic heterocycles. The number of rotatable bonds is 8. The summed E-state index contributed by atoms with van der Waals surface area (Å²) < 4.78 is 108. The van der Waals surface area contributed by atoms with Crippen molar-refractivity contribution in [3.8, 4) is 0 Å². The number of nitrogens with zero attached hydrogens (tertiary/aromatic N) is 3. The summed E-state index contributed by atoms with van der Waals surface area (Å²) >= 11 is 0. The maximum absolute atomic E-state index is 13.2. The highest BCUT2D eigenvalue weighted by atomic mass is 35.5. The molecule has 2 aromatic rings. The minimum Gasteiger partial charge on any atom is -0.461 e. The first-order valence-corrected chi connectivity index (χ1v) is 15.3. The number of esters is 1. The molecule has 4 rings (SSSR count). The summed E-state index contributed by atoms with van der Waals surface area (Å²) in [4.78, 5) is 29.2. The number of piperazine rings is 1. The fourth-order valence-electron chi connectivity index (χ4n) is 5.26. The van der Waals surface area contributed by atoms with E-state index in [-0.39, 0.29) is 57.3 Å². The van der Waals surface area contributed by atoms with Gasteiger partial charge in [0.05, 0.1) is 36.3 Å². The number of ether oxygens (including phenoxy) is 1. The molecule has 2 saturated heterocycles. The lowest BCUT2D eigenvalue weighted by Crippen LogP contribution is -2.59. The van der Waals surface area contributed by atoms with E-state index >= 15 is 0 Å². The van der Waals surface area contributed by atoms with Crippen LogP contribution in [0.25, 0.3) is 0 Å². The zero-order valence-corrected chi connectivity index (χ0v) is 25.2. The summed E-state index contributed by atoms with van der Waals surface area (Å²) in [7, 11) is -3.55. The lowest BCUT2D eigenvalue weighted by molar-refractivity contribution is -0.147. The molecule has 0 N–H and O–H groups in total. The number of hydrogen-bond acceptors (Lipinski definition) is 6. The molecule has 1 amide bonds. The van der Waals surface area contributed by atoms with Crippen LogP contribution in [0.15, 0.2) is 48.5 Å². The molecular weight excluding hydrogens is 640 g/mol. The molecule has 0 saturated carbocycles. The Kier molecular flexibility index (Phi) is 11.4. The Morgan fingerprint density at radius 1 is 0.818 bits per heavy atom. The van der Waals surface area contributed by atoms with E-state index in [0.29, 0.717) is 30.6 Å². The summed E-state index contributed by atoms with van der Waals surface area (Å²) in [5, 5.41) is 0. The lowest BCUT2D eigenvalue weighted by atomic mass is 10.1. The van der Waals surface area contributed by atoms with Gasteiger partial charge in [-0.05, 0) is 41.8 Å². The number of amides is 1. The van der Waals surface area contributed by atoms with Crippen LogP contribution in [0, 0.1) is 0 Å². The van der Waals surface area contributed by atoms with Gasteiger partial charge in [0.15, 0.2) is 0 Å². The number of benzene rings is 2. The predicted molar refractivity (Wildman–Crippen MR) is 150 cm³/mol. The fraction of sp³-hybridized carbons (Fsp3) is 0.500. The summed E-state index contributed by atoms with van der Waals surface area (Å²) in [5.74, 6) is -0.947. The van der Waals surface area contributed by atoms with Gasteiger partial charge in [0.25, 0.3) is 0 Å². The van der Waals surface area contributed by atoms with Crippen LogP contribution in [0.1, 0.15) is 28.7 Å². The highest BCUT2D eigenvalue weighted by Gasteiger charge is 2.37. The van der Waals surface area contributed by atoms with Crippen LogP contribution >= 0.6 is 12.4 Å². The van der Waals surface area contributed by atoms with Crippen LogP contribution in [0.4, 0.5) is 26.3 Å². The highest BCUT2D eigenvalue weighted by molar-refractivity contribution is 7.88. The van der Waals surface area contributed by atoms with Gasteiger partial charge in [-0.1, -0.05) is 24.3 Å². The number of alkyl halides is 6. The first-order chi connectivity index (χ1) is 20.0. The second-order valence-corrected chi connectivity index (χ2v) is 12.7. The van der Waals surface area contributed by atoms with E-state index in [0.717, 1.165) is 30.5 Å². The number of halogens is 7. The summed E-state index contributed by atoms with van der Waals surface area (Å²) in [6.07, 6.45) is -8.28. The molecule has 2 unspecified atom stereocenters. The molecule has 8 nitrogen and oxygen atoms in total. The van der Waals surface area contributed by atoms with Crippen molar-refractivity contribution in [2.45, 2.75) is 43.8 Å². The predicted octanol–water partition coefficient (Wildman–Crippen LogP) is 4.02. The molecule has 0 radical (unpaired) electrons. The van der Waals surface area contributed by atoms with Gasteiger partial charge in [-0.2, -0.15) is 30.6 Å². The van der Waals surface area contributed by atoms with Crippen molar-refractivity contribution >= 4 is 34.3 Å². The Morgan fingerprint density at radius 3 is 1.84 bits per heavy atom. The van der Waals surface area contributed by atoms with Crippen molar-refractivity contribution in [1.82, 2.24) is 14.1 Å². The van der Waals surface area contributed by atoms with Crippen molar-refractivity contribution in [3.63, 3.8) is 0 Å². The van der Waals surface area contributed by atoms with E-state index in [9.17, 15) is 44.3 Å². The topological polar surface area (TPSA) is 87.2 Å². The van der Waals surface area contributed by atoms with Gasteiger partial charge in [-0.3, -0.25) is 14.5 Å². The van der Waals surface area contributed by atoms with Crippen LogP contribution < -0.4 is 0 Å². The minimum absolute atomic E-state index is 0. The zero-order chi connectivity index (χ0) is 31.6. The van der Waals surface area contributed by atoms with E-state index < -0.39 is 51.6 Å². The quantitative estimate of drug-likeness (QED) is 0.312. The third kappa shape index (κ3) is 9.56. The molecule has 0 bridgehead atoms. The standard InChI is InChI=1S/C28H31F6N3O5S.ClH/c1-43(40,41)36-12-13-37(25(38)14-19-2-6-21(7-3-19)27(29,30)31)23(17-36)16-35-11-10-24(18-35)42-26(39)15-20-4-8-22(9-5-20)28(32,33)34;/h2-9,23-24H,10-18H2,1H3;1H. The SMILES string of the molecule is CS(=O)(=O)N1CCN(C(=O)Cc2ccc(C(F)(F)F)cc2)C(CN2CCC(OC(=O)Cc3ccc(C(F)(F)F)cc3)C2)C1.Cl. The van der Waals surface area contributed by atoms with Crippen LogP contribution in [0.2, 0.25) is 0 Å². The molecule has 2 aliphatic rings. The van der Waals surface area contributed by atoms with E-state index in [1.165, 1.54) is 28.6 Å². The molecular formula is C28H32ClF6N3O5S.